The van der Waals surface area contributed by atoms with Crippen LogP contribution in [0.1, 0.15) is 43.5 Å². The van der Waals surface area contributed by atoms with Crippen LogP contribution in [0, 0.1) is 0 Å². The number of nitrogens with one attached hydrogen (secondary N) is 1. The molecular weight excluding hydrogens is 428 g/mol. The van der Waals surface area contributed by atoms with Gasteiger partial charge in [-0.15, -0.1) is 0 Å². The number of rotatable bonds is 5. The van der Waals surface area contributed by atoms with Crippen LogP contribution in [-0.4, -0.2) is 43.8 Å². The maximum Gasteiger partial charge on any atom is 0.337 e. The molecular formula is C21H27ClN2O5S. The first-order chi connectivity index (χ1) is 14.1. The molecule has 1 heterocycles. The summed E-state index contributed by atoms with van der Waals surface area (Å²) in [5.74, 6) is -1.28. The number of carbonyl (C=O) groups is 1. The minimum absolute atomic E-state index is 0.0117. The molecule has 1 aliphatic rings. The lowest BCUT2D eigenvalue weighted by Crippen LogP contribution is -2.29. The Morgan fingerprint density at radius 1 is 1.07 bits per heavy atom. The van der Waals surface area contributed by atoms with Crippen LogP contribution in [0.15, 0.2) is 47.4 Å². The summed E-state index contributed by atoms with van der Waals surface area (Å²) in [4.78, 5) is 13.3. The van der Waals surface area contributed by atoms with Crippen LogP contribution >= 0.6 is 11.6 Å². The molecule has 2 aromatic rings. The van der Waals surface area contributed by atoms with E-state index in [0.29, 0.717) is 5.69 Å². The van der Waals surface area contributed by atoms with Crippen molar-refractivity contribution in [1.29, 1.82) is 0 Å². The lowest BCUT2D eigenvalue weighted by molar-refractivity contribution is 0.0696. The number of benzene rings is 2. The van der Waals surface area contributed by atoms with Crippen LogP contribution in [0.4, 0.5) is 11.4 Å². The highest BCUT2D eigenvalue weighted by Gasteiger charge is 2.19. The summed E-state index contributed by atoms with van der Waals surface area (Å²) in [5, 5.41) is 17.1. The third kappa shape index (κ3) is 6.90. The number of carboxylic acids is 1. The molecule has 3 N–H and O–H groups in total. The SMILES string of the molecule is CC(C)O.O=C(O)c1cc(S(=O)(=O)Nc2ccc(N3CCCCC3)cc2)ccc1Cl. The fourth-order valence-electron chi connectivity index (χ4n) is 2.94. The summed E-state index contributed by atoms with van der Waals surface area (Å²) in [7, 11) is -3.91. The number of halogens is 1. The third-order valence-electron chi connectivity index (χ3n) is 4.32. The van der Waals surface area contributed by atoms with Crippen LogP contribution in [-0.2, 0) is 10.0 Å². The van der Waals surface area contributed by atoms with Crippen molar-refractivity contribution < 1.29 is 23.4 Å². The van der Waals surface area contributed by atoms with Gasteiger partial charge in [-0.3, -0.25) is 4.72 Å². The summed E-state index contributed by atoms with van der Waals surface area (Å²) >= 11 is 5.79. The molecule has 0 saturated carbocycles. The minimum Gasteiger partial charge on any atom is -0.478 e. The van der Waals surface area contributed by atoms with Gasteiger partial charge in [0.05, 0.1) is 15.5 Å². The van der Waals surface area contributed by atoms with Gasteiger partial charge in [0.15, 0.2) is 0 Å². The predicted octanol–water partition coefficient (Wildman–Crippen LogP) is 4.22. The van der Waals surface area contributed by atoms with Gasteiger partial charge in [-0.2, -0.15) is 0 Å². The molecule has 0 spiro atoms. The third-order valence-corrected chi connectivity index (χ3v) is 6.03. The van der Waals surface area contributed by atoms with E-state index >= 15 is 0 Å². The Kier molecular flexibility index (Phi) is 8.52. The Labute approximate surface area is 182 Å². The highest BCUT2D eigenvalue weighted by molar-refractivity contribution is 7.92. The smallest absolute Gasteiger partial charge is 0.337 e. The van der Waals surface area contributed by atoms with E-state index in [-0.39, 0.29) is 21.6 Å². The molecule has 1 aliphatic heterocycles. The monoisotopic (exact) mass is 454 g/mol. The summed E-state index contributed by atoms with van der Waals surface area (Å²) < 4.78 is 27.5. The number of aliphatic hydroxyl groups is 1. The normalized spacial score (nSPS) is 14.1. The molecule has 0 aliphatic carbocycles. The van der Waals surface area contributed by atoms with Gasteiger partial charge in [0.25, 0.3) is 10.0 Å². The molecule has 9 heteroatoms. The van der Waals surface area contributed by atoms with Gasteiger partial charge in [-0.1, -0.05) is 11.6 Å². The van der Waals surface area contributed by atoms with Crippen molar-refractivity contribution in [2.45, 2.75) is 44.1 Å². The van der Waals surface area contributed by atoms with Crippen molar-refractivity contribution in [3.8, 4) is 0 Å². The quantitative estimate of drug-likeness (QED) is 0.624. The Bertz CT molecular complexity index is 953. The van der Waals surface area contributed by atoms with Crippen molar-refractivity contribution in [2.75, 3.05) is 22.7 Å². The molecule has 0 aromatic heterocycles. The van der Waals surface area contributed by atoms with Gasteiger partial charge in [0.2, 0.25) is 0 Å². The molecule has 164 valence electrons. The van der Waals surface area contributed by atoms with E-state index in [4.69, 9.17) is 21.8 Å². The molecule has 0 amide bonds. The molecule has 1 saturated heterocycles. The number of anilines is 2. The second-order valence-corrected chi connectivity index (χ2v) is 9.33. The predicted molar refractivity (Wildman–Crippen MR) is 119 cm³/mol. The maximum absolute atomic E-state index is 12.5. The number of sulfonamides is 1. The Hall–Kier alpha value is -2.29. The van der Waals surface area contributed by atoms with E-state index < -0.39 is 16.0 Å². The van der Waals surface area contributed by atoms with Crippen LogP contribution in [0.3, 0.4) is 0 Å². The number of carboxylic acid groups (broad SMARTS) is 1. The molecule has 0 bridgehead atoms. The minimum atomic E-state index is -3.91. The number of nitrogens with zero attached hydrogens (tertiary/aromatic N) is 1. The number of hydrogen-bond donors (Lipinski definition) is 3. The Morgan fingerprint density at radius 3 is 2.17 bits per heavy atom. The number of hydrogen-bond acceptors (Lipinski definition) is 5. The fourth-order valence-corrected chi connectivity index (χ4v) is 4.22. The maximum atomic E-state index is 12.5. The van der Waals surface area contributed by atoms with Crippen molar-refractivity contribution in [3.05, 3.63) is 53.1 Å². The Balaban J connectivity index is 0.000000735. The summed E-state index contributed by atoms with van der Waals surface area (Å²) in [6.45, 7) is 5.46. The van der Waals surface area contributed by atoms with Crippen LogP contribution in [0.25, 0.3) is 0 Å². The van der Waals surface area contributed by atoms with Crippen LogP contribution < -0.4 is 9.62 Å². The van der Waals surface area contributed by atoms with Crippen LogP contribution in [0.5, 0.6) is 0 Å². The number of aromatic carboxylic acids is 1. The fraction of sp³-hybridized carbons (Fsp3) is 0.381. The number of aliphatic hydroxyl groups excluding tert-OH is 1. The second kappa shape index (κ2) is 10.7. The molecule has 3 rings (SSSR count). The van der Waals surface area contributed by atoms with E-state index in [1.165, 1.54) is 18.6 Å². The average molecular weight is 455 g/mol. The van der Waals surface area contributed by atoms with E-state index in [2.05, 4.69) is 9.62 Å². The summed E-state index contributed by atoms with van der Waals surface area (Å²) in [5.41, 5.74) is 1.22. The van der Waals surface area contributed by atoms with Crippen molar-refractivity contribution in [3.63, 3.8) is 0 Å². The van der Waals surface area contributed by atoms with Crippen LogP contribution in [0.2, 0.25) is 5.02 Å². The zero-order valence-corrected chi connectivity index (χ0v) is 18.6. The molecule has 1 fully saturated rings. The molecule has 0 radical (unpaired) electrons. The molecule has 0 atom stereocenters. The van der Waals surface area contributed by atoms with E-state index in [1.807, 2.05) is 12.1 Å². The number of piperidine rings is 1. The topological polar surface area (TPSA) is 107 Å². The van der Waals surface area contributed by atoms with Gasteiger partial charge in [-0.05, 0) is 75.6 Å². The molecule has 30 heavy (non-hydrogen) atoms. The zero-order chi connectivity index (χ0) is 22.3. The van der Waals surface area contributed by atoms with Crippen molar-refractivity contribution >= 4 is 39.0 Å². The standard InChI is InChI=1S/C18H19ClN2O4S.C3H8O/c19-17-9-8-15(12-16(17)18(22)23)26(24,25)20-13-4-6-14(7-5-13)21-10-2-1-3-11-21;1-3(2)4/h4-9,12,20H,1-3,10-11H2,(H,22,23);3-4H,1-2H3. The summed E-state index contributed by atoms with van der Waals surface area (Å²) in [6.07, 6.45) is 3.40. The average Bonchev–Trinajstić information content (AvgIpc) is 2.68. The van der Waals surface area contributed by atoms with Gasteiger partial charge in [-0.25, -0.2) is 13.2 Å². The van der Waals surface area contributed by atoms with Gasteiger partial charge in [0, 0.05) is 30.6 Å². The van der Waals surface area contributed by atoms with E-state index in [9.17, 15) is 13.2 Å². The van der Waals surface area contributed by atoms with Gasteiger partial charge >= 0.3 is 5.97 Å². The highest BCUT2D eigenvalue weighted by atomic mass is 35.5. The lowest BCUT2D eigenvalue weighted by atomic mass is 10.1. The largest absolute Gasteiger partial charge is 0.478 e. The first-order valence-electron chi connectivity index (χ1n) is 9.69. The van der Waals surface area contributed by atoms with E-state index in [1.54, 1.807) is 26.0 Å². The van der Waals surface area contributed by atoms with Crippen molar-refractivity contribution in [1.82, 2.24) is 0 Å². The second-order valence-electron chi connectivity index (χ2n) is 7.24. The van der Waals surface area contributed by atoms with Gasteiger partial charge in [0.1, 0.15) is 0 Å². The molecule has 2 aromatic carbocycles. The molecule has 7 nitrogen and oxygen atoms in total. The highest BCUT2D eigenvalue weighted by Crippen LogP contribution is 2.25. The lowest BCUT2D eigenvalue weighted by Gasteiger charge is -2.28. The van der Waals surface area contributed by atoms with Gasteiger partial charge < -0.3 is 15.1 Å². The first-order valence-corrected chi connectivity index (χ1v) is 11.5. The molecule has 0 unspecified atom stereocenters. The zero-order valence-electron chi connectivity index (χ0n) is 17.0. The first kappa shape index (κ1) is 24.0. The van der Waals surface area contributed by atoms with E-state index in [0.717, 1.165) is 37.7 Å². The Morgan fingerprint density at radius 2 is 1.63 bits per heavy atom. The summed E-state index contributed by atoms with van der Waals surface area (Å²) in [6, 6.07) is 10.8. The van der Waals surface area contributed by atoms with Crippen molar-refractivity contribution in [2.24, 2.45) is 0 Å².